The van der Waals surface area contributed by atoms with Crippen LogP contribution >= 0.6 is 0 Å². The second-order valence-electron chi connectivity index (χ2n) is 8.63. The average molecular weight is 457 g/mol. The van der Waals surface area contributed by atoms with Gasteiger partial charge in [0, 0.05) is 47.4 Å². The summed E-state index contributed by atoms with van der Waals surface area (Å²) in [5.74, 6) is 1.14. The van der Waals surface area contributed by atoms with Gasteiger partial charge in [0.15, 0.2) is 24.4 Å². The van der Waals surface area contributed by atoms with Crippen molar-refractivity contribution in [3.05, 3.63) is 122 Å². The van der Waals surface area contributed by atoms with E-state index < -0.39 is 5.91 Å². The molecule has 164 valence electrons. The van der Waals surface area contributed by atoms with E-state index in [1.807, 2.05) is 24.4 Å². The Labute approximate surface area is 200 Å². The van der Waals surface area contributed by atoms with Gasteiger partial charge in [0.2, 0.25) is 17.6 Å². The summed E-state index contributed by atoms with van der Waals surface area (Å²) in [6.07, 6.45) is 12.2. The molecule has 0 amide bonds. The molecule has 1 atom stereocenters. The highest BCUT2D eigenvalue weighted by molar-refractivity contribution is 5.52. The molecule has 8 heteroatoms. The van der Waals surface area contributed by atoms with E-state index >= 15 is 0 Å². The first-order valence-electron chi connectivity index (χ1n) is 11.5. The fourth-order valence-electron chi connectivity index (χ4n) is 5.55. The fraction of sp³-hybridized carbons (Fsp3) is 0.0370. The third kappa shape index (κ3) is 2.21. The van der Waals surface area contributed by atoms with Crippen LogP contribution in [0.25, 0.3) is 34.4 Å². The smallest absolute Gasteiger partial charge is 0.223 e. The predicted molar refractivity (Wildman–Crippen MR) is 123 cm³/mol. The maximum Gasteiger partial charge on any atom is 0.759 e. The Bertz CT molecular complexity index is 1770. The van der Waals surface area contributed by atoms with Crippen LogP contribution in [0.4, 0.5) is 0 Å². The van der Waals surface area contributed by atoms with Crippen molar-refractivity contribution in [1.82, 2.24) is 19.4 Å². The van der Waals surface area contributed by atoms with Gasteiger partial charge in [-0.1, -0.05) is 6.07 Å². The van der Waals surface area contributed by atoms with Crippen LogP contribution in [0.3, 0.4) is 0 Å². The van der Waals surface area contributed by atoms with E-state index in [1.54, 1.807) is 10.9 Å². The van der Waals surface area contributed by atoms with E-state index in [0.29, 0.717) is 0 Å². The molecule has 0 aromatic carbocycles. The first-order valence-corrected chi connectivity index (χ1v) is 11.5. The van der Waals surface area contributed by atoms with Crippen LogP contribution in [0.1, 0.15) is 0 Å². The van der Waals surface area contributed by atoms with E-state index in [9.17, 15) is 0 Å². The van der Waals surface area contributed by atoms with Crippen molar-refractivity contribution in [3.63, 3.8) is 0 Å². The van der Waals surface area contributed by atoms with Crippen LogP contribution in [0.5, 0.6) is 0 Å². The summed E-state index contributed by atoms with van der Waals surface area (Å²) < 4.78 is 13.3. The van der Waals surface area contributed by atoms with Gasteiger partial charge in [-0.05, 0) is 56.2 Å². The average Bonchev–Trinajstić information content (AvgIpc) is 3.70. The van der Waals surface area contributed by atoms with Crippen LogP contribution in [0.2, 0.25) is 0 Å². The third-order valence-corrected chi connectivity index (χ3v) is 6.86. The lowest BCUT2D eigenvalue weighted by Crippen LogP contribution is -2.94. The Morgan fingerprint density at radius 2 is 1.46 bits per heavy atom. The van der Waals surface area contributed by atoms with Crippen molar-refractivity contribution < 1.29 is 18.4 Å². The molecule has 6 aromatic rings. The number of hydrogen-bond donors (Lipinski definition) is 0. The van der Waals surface area contributed by atoms with Crippen LogP contribution in [0.15, 0.2) is 122 Å². The Kier molecular flexibility index (Phi) is 3.45. The van der Waals surface area contributed by atoms with Gasteiger partial charge < -0.3 is 0 Å². The van der Waals surface area contributed by atoms with Crippen molar-refractivity contribution in [1.29, 1.82) is 0 Å². The zero-order valence-electron chi connectivity index (χ0n) is 18.6. The monoisotopic (exact) mass is 456 g/mol. The highest BCUT2D eigenvalue weighted by atomic mass is 15.7. The Hall–Kier alpha value is -4.98. The molecule has 6 aromatic heterocycles. The molecule has 0 aliphatic carbocycles. The van der Waals surface area contributed by atoms with E-state index in [2.05, 4.69) is 120 Å². The normalized spacial score (nSPS) is 16.7. The molecule has 0 spiro atoms. The van der Waals surface area contributed by atoms with Gasteiger partial charge in [0.25, 0.3) is 5.69 Å². The standard InChI is InChI=1S/C27H20N8/c1-3-16-30(22(10-1)21-9-5-13-25(29-21)32-18-7-15-28-32)27-31-17-4-2-11-23(31)24-12-6-14-26(35(24)27)33-19-8-20-34(27)33/h1-20H/q+4/t27-/m0/s1. The van der Waals surface area contributed by atoms with Crippen molar-refractivity contribution >= 4 is 0 Å². The molecule has 0 N–H and O–H groups in total. The summed E-state index contributed by atoms with van der Waals surface area (Å²) >= 11 is 0. The summed E-state index contributed by atoms with van der Waals surface area (Å²) in [7, 11) is 0. The topological polar surface area (TPSA) is 51.2 Å². The maximum absolute atomic E-state index is 5.00. The molecule has 8 nitrogen and oxygen atoms in total. The molecular weight excluding hydrogens is 436 g/mol. The van der Waals surface area contributed by atoms with Crippen molar-refractivity contribution in [2.24, 2.45) is 0 Å². The number of aromatic nitrogens is 8. The molecule has 0 radical (unpaired) electrons. The maximum atomic E-state index is 5.00. The summed E-state index contributed by atoms with van der Waals surface area (Å²) in [6.45, 7) is 0. The number of rotatable bonds is 3. The van der Waals surface area contributed by atoms with E-state index in [4.69, 9.17) is 4.98 Å². The van der Waals surface area contributed by atoms with E-state index in [0.717, 1.165) is 34.4 Å². The zero-order valence-corrected chi connectivity index (χ0v) is 18.6. The number of fused-ring (bicyclic) bond motifs is 6. The van der Waals surface area contributed by atoms with Crippen LogP contribution in [0, 0.1) is 0 Å². The summed E-state index contributed by atoms with van der Waals surface area (Å²) in [6, 6.07) is 29.1. The quantitative estimate of drug-likeness (QED) is 0.377. The lowest BCUT2D eigenvalue weighted by Gasteiger charge is -2.09. The molecule has 35 heavy (non-hydrogen) atoms. The molecule has 0 fully saturated rings. The summed E-state index contributed by atoms with van der Waals surface area (Å²) in [5, 5.41) is 4.37. The minimum absolute atomic E-state index is 0.730. The highest BCUT2D eigenvalue weighted by Crippen LogP contribution is 2.27. The van der Waals surface area contributed by atoms with E-state index in [1.165, 1.54) is 0 Å². The van der Waals surface area contributed by atoms with Gasteiger partial charge in [-0.3, -0.25) is 0 Å². The third-order valence-electron chi connectivity index (χ3n) is 6.86. The first-order chi connectivity index (χ1) is 17.4. The fourth-order valence-corrected chi connectivity index (χ4v) is 5.55. The Morgan fingerprint density at radius 1 is 0.657 bits per heavy atom. The number of hydrogen-bond acceptors (Lipinski definition) is 2. The lowest BCUT2D eigenvalue weighted by molar-refractivity contribution is -1.30. The zero-order chi connectivity index (χ0) is 23.0. The predicted octanol–water partition coefficient (Wildman–Crippen LogP) is 1.38. The number of nitrogens with zero attached hydrogens (tertiary/aromatic N) is 8. The second kappa shape index (κ2) is 6.54. The van der Waals surface area contributed by atoms with E-state index in [-0.39, 0.29) is 0 Å². The molecule has 0 unspecified atom stereocenters. The molecule has 0 bridgehead atoms. The summed E-state index contributed by atoms with van der Waals surface area (Å²) in [5.41, 5.74) is 4.15. The molecule has 0 saturated heterocycles. The minimum atomic E-state index is -0.730. The van der Waals surface area contributed by atoms with Gasteiger partial charge >= 0.3 is 11.7 Å². The minimum Gasteiger partial charge on any atom is -0.223 e. The Morgan fingerprint density at radius 3 is 2.31 bits per heavy atom. The highest BCUT2D eigenvalue weighted by Gasteiger charge is 2.82. The second-order valence-corrected chi connectivity index (χ2v) is 8.63. The van der Waals surface area contributed by atoms with Crippen molar-refractivity contribution in [2.45, 2.75) is 5.91 Å². The van der Waals surface area contributed by atoms with Gasteiger partial charge in [0.05, 0.1) is 6.07 Å². The molecule has 0 saturated carbocycles. The summed E-state index contributed by atoms with van der Waals surface area (Å²) in [4.78, 5) is 5.00. The lowest BCUT2D eigenvalue weighted by atomic mass is 10.2. The van der Waals surface area contributed by atoms with Gasteiger partial charge in [-0.15, -0.1) is 0 Å². The van der Waals surface area contributed by atoms with Gasteiger partial charge in [-0.25, -0.2) is 9.67 Å². The van der Waals surface area contributed by atoms with Crippen LogP contribution in [-0.4, -0.2) is 19.4 Å². The van der Waals surface area contributed by atoms with Gasteiger partial charge in [0.1, 0.15) is 10.4 Å². The van der Waals surface area contributed by atoms with Crippen molar-refractivity contribution in [2.75, 3.05) is 0 Å². The molecule has 8 heterocycles. The Balaban J connectivity index is 1.48. The first kappa shape index (κ1) is 18.4. The molecular formula is C27H20N8+4. The largest absolute Gasteiger partial charge is 0.759 e. The van der Waals surface area contributed by atoms with Gasteiger partial charge in [-0.2, -0.15) is 5.10 Å². The SMILES string of the molecule is c1cc(-c2cccc[n+]2[C@@]23[n+]4ccccc4-c4cccc([n+]42)-n2ccc[n+]23)nc(-n2cccn2)c1. The van der Waals surface area contributed by atoms with Crippen molar-refractivity contribution in [3.8, 4) is 34.4 Å². The molecule has 2 aliphatic rings. The van der Waals surface area contributed by atoms with Crippen LogP contribution < -0.4 is 18.4 Å². The number of pyridine rings is 4. The molecule has 2 aliphatic heterocycles. The molecule has 8 rings (SSSR count). The van der Waals surface area contributed by atoms with Crippen LogP contribution in [-0.2, 0) is 5.91 Å².